The van der Waals surface area contributed by atoms with Crippen LogP contribution in [0.2, 0.25) is 0 Å². The van der Waals surface area contributed by atoms with Crippen molar-refractivity contribution in [3.8, 4) is 11.1 Å². The number of rotatable bonds is 3. The van der Waals surface area contributed by atoms with Crippen LogP contribution in [0, 0.1) is 6.92 Å². The van der Waals surface area contributed by atoms with Gasteiger partial charge in [0.15, 0.2) is 0 Å². The summed E-state index contributed by atoms with van der Waals surface area (Å²) < 4.78 is 0. The van der Waals surface area contributed by atoms with Gasteiger partial charge in [-0.15, -0.1) is 0 Å². The number of aryl methyl sites for hydroxylation is 1. The Morgan fingerprint density at radius 2 is 1.68 bits per heavy atom. The Hall–Kier alpha value is -2.62. The first kappa shape index (κ1) is 12.8. The molecule has 0 aliphatic heterocycles. The third-order valence-corrected chi connectivity index (χ3v) is 2.90. The molecular formula is C15H14N2O2. The van der Waals surface area contributed by atoms with E-state index in [1.165, 1.54) is 12.1 Å². The molecule has 19 heavy (non-hydrogen) atoms. The molecule has 2 aromatic rings. The van der Waals surface area contributed by atoms with E-state index in [0.717, 1.165) is 11.1 Å². The van der Waals surface area contributed by atoms with E-state index in [-0.39, 0.29) is 0 Å². The number of primary amides is 2. The topological polar surface area (TPSA) is 86.2 Å². The van der Waals surface area contributed by atoms with Crippen LogP contribution in [0.4, 0.5) is 0 Å². The molecule has 0 fully saturated rings. The monoisotopic (exact) mass is 254 g/mol. The second-order valence-corrected chi connectivity index (χ2v) is 4.36. The summed E-state index contributed by atoms with van der Waals surface area (Å²) in [6, 6.07) is 12.2. The van der Waals surface area contributed by atoms with Crippen molar-refractivity contribution < 1.29 is 9.59 Å². The average molecular weight is 254 g/mol. The van der Waals surface area contributed by atoms with E-state index in [4.69, 9.17) is 11.5 Å². The fourth-order valence-corrected chi connectivity index (χ4v) is 1.96. The number of amides is 2. The zero-order valence-electron chi connectivity index (χ0n) is 10.5. The summed E-state index contributed by atoms with van der Waals surface area (Å²) in [7, 11) is 0. The van der Waals surface area contributed by atoms with Gasteiger partial charge in [-0.3, -0.25) is 9.59 Å². The molecule has 0 aliphatic carbocycles. The highest BCUT2D eigenvalue weighted by Gasteiger charge is 2.12. The molecule has 0 aliphatic rings. The molecule has 0 bridgehead atoms. The van der Waals surface area contributed by atoms with Gasteiger partial charge in [0.25, 0.3) is 0 Å². The van der Waals surface area contributed by atoms with Gasteiger partial charge < -0.3 is 11.5 Å². The third kappa shape index (κ3) is 2.63. The first-order valence-electron chi connectivity index (χ1n) is 5.79. The first-order chi connectivity index (χ1) is 8.99. The van der Waals surface area contributed by atoms with E-state index >= 15 is 0 Å². The third-order valence-electron chi connectivity index (χ3n) is 2.90. The van der Waals surface area contributed by atoms with Crippen molar-refractivity contribution in [1.29, 1.82) is 0 Å². The van der Waals surface area contributed by atoms with Crippen molar-refractivity contribution >= 4 is 11.8 Å². The molecule has 96 valence electrons. The summed E-state index contributed by atoms with van der Waals surface area (Å²) in [4.78, 5) is 22.7. The van der Waals surface area contributed by atoms with Crippen LogP contribution in [0.5, 0.6) is 0 Å². The summed E-state index contributed by atoms with van der Waals surface area (Å²) in [5.41, 5.74) is 13.8. The Labute approximate surface area is 111 Å². The van der Waals surface area contributed by atoms with Gasteiger partial charge in [-0.05, 0) is 36.2 Å². The number of carbonyl (C=O) groups excluding carboxylic acids is 2. The van der Waals surface area contributed by atoms with E-state index in [0.29, 0.717) is 16.7 Å². The van der Waals surface area contributed by atoms with Crippen molar-refractivity contribution in [2.75, 3.05) is 0 Å². The van der Waals surface area contributed by atoms with Crippen LogP contribution in [-0.4, -0.2) is 11.8 Å². The molecular weight excluding hydrogens is 240 g/mol. The molecule has 0 saturated heterocycles. The Morgan fingerprint density at radius 3 is 2.26 bits per heavy atom. The second-order valence-electron chi connectivity index (χ2n) is 4.36. The summed E-state index contributed by atoms with van der Waals surface area (Å²) in [6.45, 7) is 1.95. The predicted octanol–water partition coefficient (Wildman–Crippen LogP) is 1.86. The zero-order chi connectivity index (χ0) is 14.0. The highest BCUT2D eigenvalue weighted by molar-refractivity contribution is 6.02. The Morgan fingerprint density at radius 1 is 0.947 bits per heavy atom. The van der Waals surface area contributed by atoms with Gasteiger partial charge >= 0.3 is 0 Å². The summed E-state index contributed by atoms with van der Waals surface area (Å²) >= 11 is 0. The molecule has 0 atom stereocenters. The average Bonchev–Trinajstić information content (AvgIpc) is 2.37. The highest BCUT2D eigenvalue weighted by Crippen LogP contribution is 2.25. The van der Waals surface area contributed by atoms with Crippen molar-refractivity contribution in [3.63, 3.8) is 0 Å². The van der Waals surface area contributed by atoms with Crippen molar-refractivity contribution in [3.05, 3.63) is 59.2 Å². The fraction of sp³-hybridized carbons (Fsp3) is 0.0667. The van der Waals surface area contributed by atoms with E-state index in [2.05, 4.69) is 0 Å². The van der Waals surface area contributed by atoms with Gasteiger partial charge in [0.1, 0.15) is 0 Å². The Kier molecular flexibility index (Phi) is 3.33. The molecule has 4 heteroatoms. The molecule has 0 radical (unpaired) electrons. The maximum Gasteiger partial charge on any atom is 0.249 e. The molecule has 0 saturated carbocycles. The lowest BCUT2D eigenvalue weighted by atomic mass is 9.95. The molecule has 0 unspecified atom stereocenters. The molecule has 4 N–H and O–H groups in total. The van der Waals surface area contributed by atoms with Gasteiger partial charge in [0, 0.05) is 11.1 Å². The lowest BCUT2D eigenvalue weighted by Crippen LogP contribution is -2.15. The largest absolute Gasteiger partial charge is 0.366 e. The fourth-order valence-electron chi connectivity index (χ4n) is 1.96. The van der Waals surface area contributed by atoms with Gasteiger partial charge in [0.2, 0.25) is 11.8 Å². The smallest absolute Gasteiger partial charge is 0.249 e. The Bertz CT molecular complexity index is 663. The molecule has 2 aromatic carbocycles. The van der Waals surface area contributed by atoms with E-state index in [1.807, 2.05) is 31.2 Å². The van der Waals surface area contributed by atoms with Crippen molar-refractivity contribution in [1.82, 2.24) is 0 Å². The molecule has 0 aromatic heterocycles. The van der Waals surface area contributed by atoms with Crippen LogP contribution in [0.25, 0.3) is 11.1 Å². The zero-order valence-corrected chi connectivity index (χ0v) is 10.5. The lowest BCUT2D eigenvalue weighted by molar-refractivity contribution is 0.0989. The van der Waals surface area contributed by atoms with Crippen LogP contribution < -0.4 is 11.5 Å². The van der Waals surface area contributed by atoms with Gasteiger partial charge in [-0.25, -0.2) is 0 Å². The van der Waals surface area contributed by atoms with E-state index in [9.17, 15) is 9.59 Å². The number of carbonyl (C=O) groups is 2. The van der Waals surface area contributed by atoms with Crippen LogP contribution >= 0.6 is 0 Å². The molecule has 0 heterocycles. The SMILES string of the molecule is Cc1cccc(-c2cc(C(N)=O)ccc2C(N)=O)c1. The van der Waals surface area contributed by atoms with Crippen LogP contribution in [0.3, 0.4) is 0 Å². The van der Waals surface area contributed by atoms with Crippen molar-refractivity contribution in [2.45, 2.75) is 6.92 Å². The minimum Gasteiger partial charge on any atom is -0.366 e. The number of nitrogens with two attached hydrogens (primary N) is 2. The van der Waals surface area contributed by atoms with Gasteiger partial charge in [-0.1, -0.05) is 29.8 Å². The van der Waals surface area contributed by atoms with Crippen LogP contribution in [0.15, 0.2) is 42.5 Å². The minimum atomic E-state index is -0.537. The van der Waals surface area contributed by atoms with Gasteiger partial charge in [-0.2, -0.15) is 0 Å². The minimum absolute atomic E-state index is 0.349. The van der Waals surface area contributed by atoms with Crippen LogP contribution in [0.1, 0.15) is 26.3 Å². The summed E-state index contributed by atoms with van der Waals surface area (Å²) in [6.07, 6.45) is 0. The normalized spacial score (nSPS) is 10.2. The van der Waals surface area contributed by atoms with E-state index < -0.39 is 11.8 Å². The van der Waals surface area contributed by atoms with E-state index in [1.54, 1.807) is 6.07 Å². The summed E-state index contributed by atoms with van der Waals surface area (Å²) in [5, 5.41) is 0. The number of benzene rings is 2. The van der Waals surface area contributed by atoms with Gasteiger partial charge in [0.05, 0.1) is 0 Å². The van der Waals surface area contributed by atoms with Crippen molar-refractivity contribution in [2.24, 2.45) is 11.5 Å². The second kappa shape index (κ2) is 4.94. The Balaban J connectivity index is 2.67. The maximum atomic E-state index is 11.5. The quantitative estimate of drug-likeness (QED) is 0.875. The maximum absolute atomic E-state index is 11.5. The number of hydrogen-bond acceptors (Lipinski definition) is 2. The molecule has 4 nitrogen and oxygen atoms in total. The first-order valence-corrected chi connectivity index (χ1v) is 5.79. The number of hydrogen-bond donors (Lipinski definition) is 2. The highest BCUT2D eigenvalue weighted by atomic mass is 16.1. The predicted molar refractivity (Wildman–Crippen MR) is 73.7 cm³/mol. The molecule has 2 rings (SSSR count). The molecule has 0 spiro atoms. The molecule has 2 amide bonds. The standard InChI is InChI=1S/C15H14N2O2/c1-9-3-2-4-10(7-9)13-8-11(14(16)18)5-6-12(13)15(17)19/h2-8H,1H3,(H2,16,18)(H2,17,19). The summed E-state index contributed by atoms with van der Waals surface area (Å²) in [5.74, 6) is -1.07. The lowest BCUT2D eigenvalue weighted by Gasteiger charge is -2.09. The van der Waals surface area contributed by atoms with Crippen LogP contribution in [-0.2, 0) is 0 Å².